The highest BCUT2D eigenvalue weighted by molar-refractivity contribution is 6.06. The van der Waals surface area contributed by atoms with Crippen molar-refractivity contribution in [1.29, 1.82) is 0 Å². The number of nitrogens with zero attached hydrogens (tertiary/aromatic N) is 3. The number of aryl methyl sites for hydroxylation is 2. The molecule has 0 bridgehead atoms. The summed E-state index contributed by atoms with van der Waals surface area (Å²) < 4.78 is 4.43. The maximum atomic E-state index is 12.1. The summed E-state index contributed by atoms with van der Waals surface area (Å²) in [5.41, 5.74) is 8.46. The van der Waals surface area contributed by atoms with Gasteiger partial charge in [-0.15, -0.1) is 0 Å². The fraction of sp³-hybridized carbons (Fsp3) is 0.250. The largest absolute Gasteiger partial charge is 0.379 e. The van der Waals surface area contributed by atoms with E-state index in [2.05, 4.69) is 14.9 Å². The Morgan fingerprint density at radius 1 is 1.22 bits per heavy atom. The normalized spacial score (nSPS) is 10.4. The first kappa shape index (κ1) is 12.1. The van der Waals surface area contributed by atoms with E-state index in [1.807, 2.05) is 32.0 Å². The van der Waals surface area contributed by atoms with Crippen LogP contribution in [0.5, 0.6) is 0 Å². The van der Waals surface area contributed by atoms with Gasteiger partial charge < -0.3 is 10.6 Å². The van der Waals surface area contributed by atoms with Crippen LogP contribution < -0.4 is 10.6 Å². The standard InChI is InChI=1S/C12H14N4O2/c1-7-4-8(2)6-9(5-7)16(3)12(17)10-11(13)15-18-14-10/h4-6H,1-3H3,(H2,13,15). The number of amides is 1. The van der Waals surface area contributed by atoms with Gasteiger partial charge in [0.15, 0.2) is 0 Å². The van der Waals surface area contributed by atoms with E-state index < -0.39 is 0 Å². The zero-order valence-electron chi connectivity index (χ0n) is 10.5. The first-order valence-electron chi connectivity index (χ1n) is 5.43. The van der Waals surface area contributed by atoms with Gasteiger partial charge >= 0.3 is 0 Å². The highest BCUT2D eigenvalue weighted by atomic mass is 16.6. The Morgan fingerprint density at radius 3 is 2.33 bits per heavy atom. The number of benzene rings is 1. The molecule has 0 saturated carbocycles. The van der Waals surface area contributed by atoms with E-state index in [-0.39, 0.29) is 17.4 Å². The number of aromatic nitrogens is 2. The summed E-state index contributed by atoms with van der Waals surface area (Å²) in [6.07, 6.45) is 0. The molecule has 1 aromatic carbocycles. The second-order valence-electron chi connectivity index (χ2n) is 4.21. The summed E-state index contributed by atoms with van der Waals surface area (Å²) >= 11 is 0. The first-order chi connectivity index (χ1) is 8.49. The van der Waals surface area contributed by atoms with Gasteiger partial charge in [0.2, 0.25) is 11.5 Å². The summed E-state index contributed by atoms with van der Waals surface area (Å²) in [7, 11) is 1.66. The molecule has 0 unspecified atom stereocenters. The summed E-state index contributed by atoms with van der Waals surface area (Å²) in [6.45, 7) is 3.95. The number of hydrogen-bond acceptors (Lipinski definition) is 5. The fourth-order valence-corrected chi connectivity index (χ4v) is 1.76. The number of rotatable bonds is 2. The van der Waals surface area contributed by atoms with E-state index in [4.69, 9.17) is 5.73 Å². The van der Waals surface area contributed by atoms with E-state index in [0.717, 1.165) is 16.8 Å². The van der Waals surface area contributed by atoms with E-state index in [9.17, 15) is 4.79 Å². The predicted octanol–water partition coefficient (Wildman–Crippen LogP) is 1.55. The van der Waals surface area contributed by atoms with Crippen molar-refractivity contribution in [2.45, 2.75) is 13.8 Å². The van der Waals surface area contributed by atoms with Crippen molar-refractivity contribution < 1.29 is 9.42 Å². The zero-order valence-corrected chi connectivity index (χ0v) is 10.5. The van der Waals surface area contributed by atoms with E-state index in [0.29, 0.717) is 0 Å². The lowest BCUT2D eigenvalue weighted by molar-refractivity contribution is 0.0984. The highest BCUT2D eigenvalue weighted by Crippen LogP contribution is 2.20. The molecule has 6 heteroatoms. The van der Waals surface area contributed by atoms with Crippen LogP contribution in [0.25, 0.3) is 0 Å². The molecule has 2 rings (SSSR count). The summed E-state index contributed by atoms with van der Waals surface area (Å²) in [4.78, 5) is 13.6. The van der Waals surface area contributed by atoms with Crippen molar-refractivity contribution in [3.05, 3.63) is 35.0 Å². The molecule has 0 aliphatic rings. The second-order valence-corrected chi connectivity index (χ2v) is 4.21. The van der Waals surface area contributed by atoms with Crippen molar-refractivity contribution >= 4 is 17.4 Å². The molecule has 94 valence electrons. The van der Waals surface area contributed by atoms with Gasteiger partial charge in [0, 0.05) is 12.7 Å². The third-order valence-electron chi connectivity index (χ3n) is 2.61. The monoisotopic (exact) mass is 246 g/mol. The number of nitrogens with two attached hydrogens (primary N) is 1. The minimum absolute atomic E-state index is 0.00350. The Bertz CT molecular complexity index is 571. The van der Waals surface area contributed by atoms with Gasteiger partial charge in [-0.05, 0) is 47.4 Å². The molecule has 0 aliphatic carbocycles. The molecule has 0 fully saturated rings. The Labute approximate surface area is 104 Å². The Kier molecular flexibility index (Phi) is 3.01. The van der Waals surface area contributed by atoms with Crippen molar-refractivity contribution in [1.82, 2.24) is 10.3 Å². The van der Waals surface area contributed by atoms with Crippen LogP contribution in [0.2, 0.25) is 0 Å². The fourth-order valence-electron chi connectivity index (χ4n) is 1.76. The number of anilines is 2. The lowest BCUT2D eigenvalue weighted by Gasteiger charge is -2.17. The summed E-state index contributed by atoms with van der Waals surface area (Å²) in [5.74, 6) is -0.352. The number of carbonyl (C=O) groups excluding carboxylic acids is 1. The van der Waals surface area contributed by atoms with Crippen LogP contribution in [-0.2, 0) is 0 Å². The van der Waals surface area contributed by atoms with Gasteiger partial charge in [-0.1, -0.05) is 6.07 Å². The van der Waals surface area contributed by atoms with Crippen LogP contribution in [0, 0.1) is 13.8 Å². The maximum Gasteiger partial charge on any atom is 0.284 e. The Balaban J connectivity index is 2.34. The first-order valence-corrected chi connectivity index (χ1v) is 5.43. The third-order valence-corrected chi connectivity index (χ3v) is 2.61. The predicted molar refractivity (Wildman–Crippen MR) is 67.4 cm³/mol. The van der Waals surface area contributed by atoms with Gasteiger partial charge in [0.1, 0.15) is 0 Å². The van der Waals surface area contributed by atoms with Crippen LogP contribution in [0.1, 0.15) is 21.6 Å². The summed E-state index contributed by atoms with van der Waals surface area (Å²) in [5, 5.41) is 6.90. The molecule has 0 radical (unpaired) electrons. The van der Waals surface area contributed by atoms with E-state index in [1.54, 1.807) is 7.05 Å². The molecular weight excluding hydrogens is 232 g/mol. The number of hydrogen-bond donors (Lipinski definition) is 1. The lowest BCUT2D eigenvalue weighted by Crippen LogP contribution is -2.27. The van der Waals surface area contributed by atoms with Gasteiger partial charge in [-0.2, -0.15) is 0 Å². The van der Waals surface area contributed by atoms with Gasteiger partial charge in [0.05, 0.1) is 0 Å². The topological polar surface area (TPSA) is 85.2 Å². The SMILES string of the molecule is Cc1cc(C)cc(N(C)C(=O)c2nonc2N)c1. The third kappa shape index (κ3) is 2.17. The molecule has 1 aromatic heterocycles. The average molecular weight is 246 g/mol. The second kappa shape index (κ2) is 4.48. The zero-order chi connectivity index (χ0) is 13.3. The molecule has 0 spiro atoms. The molecule has 2 aromatic rings. The van der Waals surface area contributed by atoms with Crippen LogP contribution in [0.4, 0.5) is 11.5 Å². The molecular formula is C12H14N4O2. The molecule has 0 atom stereocenters. The highest BCUT2D eigenvalue weighted by Gasteiger charge is 2.21. The number of carbonyl (C=O) groups is 1. The van der Waals surface area contributed by atoms with Gasteiger partial charge in [-0.25, -0.2) is 4.63 Å². The lowest BCUT2D eigenvalue weighted by atomic mass is 10.1. The average Bonchev–Trinajstić information content (AvgIpc) is 2.72. The molecule has 1 heterocycles. The molecule has 2 N–H and O–H groups in total. The minimum atomic E-state index is -0.348. The minimum Gasteiger partial charge on any atom is -0.379 e. The van der Waals surface area contributed by atoms with Gasteiger partial charge in [0.25, 0.3) is 5.91 Å². The van der Waals surface area contributed by atoms with E-state index >= 15 is 0 Å². The Hall–Kier alpha value is -2.37. The van der Waals surface area contributed by atoms with Crippen LogP contribution in [0.3, 0.4) is 0 Å². The van der Waals surface area contributed by atoms with E-state index in [1.165, 1.54) is 4.90 Å². The smallest absolute Gasteiger partial charge is 0.284 e. The quantitative estimate of drug-likeness (QED) is 0.868. The maximum absolute atomic E-state index is 12.1. The molecule has 0 aliphatic heterocycles. The van der Waals surface area contributed by atoms with Gasteiger partial charge in [-0.3, -0.25) is 4.79 Å². The molecule has 18 heavy (non-hydrogen) atoms. The van der Waals surface area contributed by atoms with Crippen molar-refractivity contribution in [3.63, 3.8) is 0 Å². The summed E-state index contributed by atoms with van der Waals surface area (Å²) in [6, 6.07) is 5.86. The van der Waals surface area contributed by atoms with Crippen molar-refractivity contribution in [3.8, 4) is 0 Å². The van der Waals surface area contributed by atoms with Crippen LogP contribution in [0.15, 0.2) is 22.8 Å². The van der Waals surface area contributed by atoms with Crippen LogP contribution >= 0.6 is 0 Å². The molecule has 1 amide bonds. The van der Waals surface area contributed by atoms with Crippen LogP contribution in [-0.4, -0.2) is 23.3 Å². The van der Waals surface area contributed by atoms with Crippen molar-refractivity contribution in [2.24, 2.45) is 0 Å². The number of nitrogen functional groups attached to an aromatic ring is 1. The molecule has 0 saturated heterocycles. The Morgan fingerprint density at radius 2 is 1.83 bits per heavy atom. The molecule has 6 nitrogen and oxygen atoms in total. The van der Waals surface area contributed by atoms with Crippen molar-refractivity contribution in [2.75, 3.05) is 17.7 Å².